The second-order valence-corrected chi connectivity index (χ2v) is 5.11. The maximum Gasteiger partial charge on any atom is 0.251 e. The van der Waals surface area contributed by atoms with Crippen molar-refractivity contribution in [3.8, 4) is 0 Å². The number of nitrogen functional groups attached to an aromatic ring is 1. The first-order valence-electron chi connectivity index (χ1n) is 5.64. The summed E-state index contributed by atoms with van der Waals surface area (Å²) >= 11 is 6.87. The normalized spacial score (nSPS) is 10.6. The third-order valence-corrected chi connectivity index (χ3v) is 3.31. The first kappa shape index (κ1) is 13.8. The van der Waals surface area contributed by atoms with Gasteiger partial charge in [0.25, 0.3) is 5.56 Å². The number of H-pyrrole nitrogens is 1. The lowest BCUT2D eigenvalue weighted by Crippen LogP contribution is -2.10. The molecule has 0 aliphatic heterocycles. The van der Waals surface area contributed by atoms with Crippen LogP contribution >= 0.6 is 23.4 Å². The van der Waals surface area contributed by atoms with E-state index in [-0.39, 0.29) is 10.8 Å². The average molecular weight is 298 g/mol. The van der Waals surface area contributed by atoms with Crippen molar-refractivity contribution in [2.75, 3.05) is 5.73 Å². The Bertz CT molecular complexity index is 645. The number of nitrogens with one attached hydrogen (secondary N) is 1. The number of halogens is 1. The maximum atomic E-state index is 11.5. The number of rotatable bonds is 4. The van der Waals surface area contributed by atoms with E-state index in [1.807, 2.05) is 6.92 Å². The van der Waals surface area contributed by atoms with Gasteiger partial charge < -0.3 is 10.7 Å². The molecule has 0 spiro atoms. The van der Waals surface area contributed by atoms with Gasteiger partial charge in [-0.2, -0.15) is 0 Å². The topological polar surface area (TPSA) is 97.5 Å². The zero-order valence-corrected chi connectivity index (χ0v) is 11.8. The van der Waals surface area contributed by atoms with Crippen LogP contribution in [0.5, 0.6) is 0 Å². The Morgan fingerprint density at radius 1 is 1.47 bits per heavy atom. The van der Waals surface area contributed by atoms with Crippen molar-refractivity contribution in [2.45, 2.75) is 29.9 Å². The number of aromatic nitrogens is 4. The molecule has 0 atom stereocenters. The maximum absolute atomic E-state index is 11.5. The molecule has 0 saturated heterocycles. The lowest BCUT2D eigenvalue weighted by molar-refractivity contribution is 0.815. The van der Waals surface area contributed by atoms with Crippen LogP contribution in [0.3, 0.4) is 0 Å². The van der Waals surface area contributed by atoms with Crippen LogP contribution in [0.2, 0.25) is 5.28 Å². The molecule has 0 aliphatic rings. The van der Waals surface area contributed by atoms with Gasteiger partial charge in [-0.15, -0.1) is 0 Å². The van der Waals surface area contributed by atoms with E-state index < -0.39 is 0 Å². The largest absolute Gasteiger partial charge is 0.395 e. The van der Waals surface area contributed by atoms with Crippen LogP contribution in [0, 0.1) is 0 Å². The van der Waals surface area contributed by atoms with Crippen molar-refractivity contribution in [1.82, 2.24) is 19.9 Å². The third kappa shape index (κ3) is 3.68. The monoisotopic (exact) mass is 297 g/mol. The zero-order valence-electron chi connectivity index (χ0n) is 10.2. The Morgan fingerprint density at radius 2 is 2.26 bits per heavy atom. The fourth-order valence-electron chi connectivity index (χ4n) is 1.44. The molecule has 100 valence electrons. The van der Waals surface area contributed by atoms with Gasteiger partial charge in [-0.1, -0.05) is 13.3 Å². The van der Waals surface area contributed by atoms with E-state index in [4.69, 9.17) is 17.3 Å². The van der Waals surface area contributed by atoms with E-state index in [0.717, 1.165) is 30.3 Å². The Morgan fingerprint density at radius 3 is 3.00 bits per heavy atom. The van der Waals surface area contributed by atoms with Crippen molar-refractivity contribution in [2.24, 2.45) is 0 Å². The van der Waals surface area contributed by atoms with Crippen LogP contribution in [-0.4, -0.2) is 19.9 Å². The minimum Gasteiger partial charge on any atom is -0.395 e. The molecule has 0 aliphatic carbocycles. The SMILES string of the molecule is CCCc1cc(=O)[nH]c(Sc2nc(Cl)ncc2N)n1. The van der Waals surface area contributed by atoms with Gasteiger partial charge >= 0.3 is 0 Å². The number of anilines is 1. The summed E-state index contributed by atoms with van der Waals surface area (Å²) in [5, 5.41) is 1.01. The summed E-state index contributed by atoms with van der Waals surface area (Å²) in [6.07, 6.45) is 3.09. The van der Waals surface area contributed by atoms with Crippen molar-refractivity contribution < 1.29 is 0 Å². The number of aryl methyl sites for hydroxylation is 1. The average Bonchev–Trinajstić information content (AvgIpc) is 2.33. The molecule has 0 unspecified atom stereocenters. The summed E-state index contributed by atoms with van der Waals surface area (Å²) in [6, 6.07) is 1.49. The van der Waals surface area contributed by atoms with Gasteiger partial charge in [0.15, 0.2) is 5.16 Å². The second-order valence-electron chi connectivity index (χ2n) is 3.79. The van der Waals surface area contributed by atoms with Gasteiger partial charge in [0.1, 0.15) is 5.03 Å². The highest BCUT2D eigenvalue weighted by atomic mass is 35.5. The molecular formula is C11H12ClN5OS. The summed E-state index contributed by atoms with van der Waals surface area (Å²) < 4.78 is 0. The fourth-order valence-corrected chi connectivity index (χ4v) is 2.43. The molecule has 8 heteroatoms. The zero-order chi connectivity index (χ0) is 13.8. The molecule has 3 N–H and O–H groups in total. The third-order valence-electron chi connectivity index (χ3n) is 2.22. The lowest BCUT2D eigenvalue weighted by Gasteiger charge is -2.04. The lowest BCUT2D eigenvalue weighted by atomic mass is 10.2. The molecule has 2 heterocycles. The fraction of sp³-hybridized carbons (Fsp3) is 0.273. The standard InChI is InChI=1S/C11H12ClN5OS/c1-2-3-6-4-8(18)16-11(15-6)19-9-7(13)5-14-10(12)17-9/h4-5H,2-3,13H2,1H3,(H,15,16,18). The van der Waals surface area contributed by atoms with Gasteiger partial charge in [0.2, 0.25) is 5.28 Å². The van der Waals surface area contributed by atoms with E-state index in [0.29, 0.717) is 15.9 Å². The molecular weight excluding hydrogens is 286 g/mol. The van der Waals surface area contributed by atoms with E-state index in [1.165, 1.54) is 12.3 Å². The molecule has 0 amide bonds. The first-order chi connectivity index (χ1) is 9.08. The van der Waals surface area contributed by atoms with Crippen LogP contribution in [0.15, 0.2) is 27.2 Å². The Kier molecular flexibility index (Phi) is 4.39. The van der Waals surface area contributed by atoms with Gasteiger partial charge in [0, 0.05) is 11.8 Å². The van der Waals surface area contributed by atoms with Gasteiger partial charge in [-0.05, 0) is 29.8 Å². The highest BCUT2D eigenvalue weighted by Crippen LogP contribution is 2.27. The summed E-state index contributed by atoms with van der Waals surface area (Å²) in [4.78, 5) is 26.3. The minimum atomic E-state index is -0.195. The predicted octanol–water partition coefficient (Wildman–Crippen LogP) is 1.90. The van der Waals surface area contributed by atoms with Crippen LogP contribution in [0.1, 0.15) is 19.0 Å². The molecule has 0 fully saturated rings. The summed E-state index contributed by atoms with van der Waals surface area (Å²) in [6.45, 7) is 2.03. The molecule has 2 aromatic heterocycles. The second kappa shape index (κ2) is 6.03. The number of hydrogen-bond donors (Lipinski definition) is 2. The Balaban J connectivity index is 2.32. The van der Waals surface area contributed by atoms with E-state index >= 15 is 0 Å². The molecule has 0 bridgehead atoms. The highest BCUT2D eigenvalue weighted by Gasteiger charge is 2.09. The smallest absolute Gasteiger partial charge is 0.251 e. The van der Waals surface area contributed by atoms with Crippen LogP contribution < -0.4 is 11.3 Å². The number of aromatic amines is 1. The van der Waals surface area contributed by atoms with Crippen molar-refractivity contribution >= 4 is 29.1 Å². The van der Waals surface area contributed by atoms with E-state index in [1.54, 1.807) is 0 Å². The number of hydrogen-bond acceptors (Lipinski definition) is 6. The first-order valence-corrected chi connectivity index (χ1v) is 6.84. The summed E-state index contributed by atoms with van der Waals surface area (Å²) in [7, 11) is 0. The quantitative estimate of drug-likeness (QED) is 0.661. The molecule has 2 aromatic rings. The van der Waals surface area contributed by atoms with E-state index in [9.17, 15) is 4.79 Å². The van der Waals surface area contributed by atoms with Crippen LogP contribution in [-0.2, 0) is 6.42 Å². The Hall–Kier alpha value is -1.60. The van der Waals surface area contributed by atoms with E-state index in [2.05, 4.69) is 19.9 Å². The van der Waals surface area contributed by atoms with Crippen molar-refractivity contribution in [1.29, 1.82) is 0 Å². The molecule has 2 rings (SSSR count). The molecule has 19 heavy (non-hydrogen) atoms. The summed E-state index contributed by atoms with van der Waals surface area (Å²) in [5.41, 5.74) is 6.68. The van der Waals surface area contributed by atoms with Gasteiger partial charge in [-0.3, -0.25) is 4.79 Å². The van der Waals surface area contributed by atoms with Crippen molar-refractivity contribution in [3.05, 3.63) is 33.6 Å². The highest BCUT2D eigenvalue weighted by molar-refractivity contribution is 7.99. The van der Waals surface area contributed by atoms with Gasteiger partial charge in [-0.25, -0.2) is 15.0 Å². The molecule has 6 nitrogen and oxygen atoms in total. The number of nitrogens with two attached hydrogens (primary N) is 1. The number of nitrogens with zero attached hydrogens (tertiary/aromatic N) is 3. The molecule has 0 saturated carbocycles. The van der Waals surface area contributed by atoms with Crippen molar-refractivity contribution in [3.63, 3.8) is 0 Å². The molecule has 0 aromatic carbocycles. The minimum absolute atomic E-state index is 0.101. The predicted molar refractivity (Wildman–Crippen MR) is 74.4 cm³/mol. The van der Waals surface area contributed by atoms with Gasteiger partial charge in [0.05, 0.1) is 11.9 Å². The van der Waals surface area contributed by atoms with Crippen LogP contribution in [0.4, 0.5) is 5.69 Å². The van der Waals surface area contributed by atoms with Crippen LogP contribution in [0.25, 0.3) is 0 Å². The molecule has 0 radical (unpaired) electrons. The summed E-state index contributed by atoms with van der Waals surface area (Å²) in [5.74, 6) is 0. The Labute approximate surface area is 118 Å².